The standard InChI is InChI=1S/C19H15BrClN3O3/c1-11-2-4-14(21)8-16(11)24-19(26)13(9-22)6-12-3-5-17(15(20)7-12)27-10-18(23)25/h2-8H,10H2,1H3,(H2,23,25)(H,24,26)/b13-6+. The number of nitriles is 1. The van der Waals surface area contributed by atoms with Crippen LogP contribution in [0.15, 0.2) is 46.4 Å². The fourth-order valence-corrected chi connectivity index (χ4v) is 2.79. The Balaban J connectivity index is 2.21. The second-order valence-electron chi connectivity index (χ2n) is 5.53. The van der Waals surface area contributed by atoms with Gasteiger partial charge in [0, 0.05) is 10.7 Å². The average molecular weight is 449 g/mol. The molecule has 6 nitrogen and oxygen atoms in total. The number of carbonyl (C=O) groups is 2. The number of benzene rings is 2. The van der Waals surface area contributed by atoms with Crippen LogP contribution in [0.25, 0.3) is 6.08 Å². The SMILES string of the molecule is Cc1ccc(Cl)cc1NC(=O)/C(C#N)=C/c1ccc(OCC(N)=O)c(Br)c1. The van der Waals surface area contributed by atoms with Gasteiger partial charge in [-0.2, -0.15) is 5.26 Å². The Morgan fingerprint density at radius 1 is 1.33 bits per heavy atom. The number of nitrogens with one attached hydrogen (secondary N) is 1. The van der Waals surface area contributed by atoms with Gasteiger partial charge in [-0.05, 0) is 64.3 Å². The van der Waals surface area contributed by atoms with E-state index in [0.29, 0.717) is 26.5 Å². The summed E-state index contributed by atoms with van der Waals surface area (Å²) in [7, 11) is 0. The van der Waals surface area contributed by atoms with Crippen LogP contribution in [0.4, 0.5) is 5.69 Å². The van der Waals surface area contributed by atoms with E-state index in [-0.39, 0.29) is 12.2 Å². The molecule has 0 saturated heterocycles. The van der Waals surface area contributed by atoms with Crippen LogP contribution >= 0.6 is 27.5 Å². The molecule has 138 valence electrons. The summed E-state index contributed by atoms with van der Waals surface area (Å²) in [5.74, 6) is -0.720. The Kier molecular flexibility index (Phi) is 6.99. The van der Waals surface area contributed by atoms with E-state index in [4.69, 9.17) is 22.1 Å². The Morgan fingerprint density at radius 3 is 2.70 bits per heavy atom. The maximum Gasteiger partial charge on any atom is 0.266 e. The Bertz CT molecular complexity index is 967. The number of anilines is 1. The zero-order valence-electron chi connectivity index (χ0n) is 14.3. The average Bonchev–Trinajstić information content (AvgIpc) is 2.61. The minimum Gasteiger partial charge on any atom is -0.483 e. The predicted molar refractivity (Wildman–Crippen MR) is 107 cm³/mol. The third-order valence-electron chi connectivity index (χ3n) is 3.45. The van der Waals surface area contributed by atoms with Crippen molar-refractivity contribution >= 4 is 51.1 Å². The van der Waals surface area contributed by atoms with Crippen molar-refractivity contribution in [3.05, 3.63) is 62.6 Å². The number of halogens is 2. The van der Waals surface area contributed by atoms with Gasteiger partial charge in [0.15, 0.2) is 6.61 Å². The van der Waals surface area contributed by atoms with Crippen LogP contribution in [0.5, 0.6) is 5.75 Å². The first-order chi connectivity index (χ1) is 12.8. The van der Waals surface area contributed by atoms with Crippen molar-refractivity contribution < 1.29 is 14.3 Å². The van der Waals surface area contributed by atoms with Crippen LogP contribution in [0.3, 0.4) is 0 Å². The van der Waals surface area contributed by atoms with Gasteiger partial charge in [0.05, 0.1) is 4.47 Å². The molecule has 0 aliphatic heterocycles. The van der Waals surface area contributed by atoms with Gasteiger partial charge in [0.25, 0.3) is 11.8 Å². The van der Waals surface area contributed by atoms with E-state index in [1.807, 2.05) is 13.0 Å². The fraction of sp³-hybridized carbons (Fsp3) is 0.105. The van der Waals surface area contributed by atoms with Crippen LogP contribution in [0, 0.1) is 18.3 Å². The maximum atomic E-state index is 12.4. The second kappa shape index (κ2) is 9.21. The molecule has 0 aliphatic carbocycles. The molecule has 3 N–H and O–H groups in total. The summed E-state index contributed by atoms with van der Waals surface area (Å²) >= 11 is 9.26. The summed E-state index contributed by atoms with van der Waals surface area (Å²) < 4.78 is 5.79. The maximum absolute atomic E-state index is 12.4. The number of amides is 2. The quantitative estimate of drug-likeness (QED) is 0.517. The highest BCUT2D eigenvalue weighted by atomic mass is 79.9. The monoisotopic (exact) mass is 447 g/mol. The molecule has 0 aromatic heterocycles. The van der Waals surface area contributed by atoms with Gasteiger partial charge in [-0.1, -0.05) is 23.7 Å². The number of rotatable bonds is 6. The topological polar surface area (TPSA) is 105 Å². The van der Waals surface area contributed by atoms with Crippen molar-refractivity contribution in [3.63, 3.8) is 0 Å². The summed E-state index contributed by atoms with van der Waals surface area (Å²) in [6.45, 7) is 1.57. The number of aryl methyl sites for hydroxylation is 1. The molecular formula is C19H15BrClN3O3. The van der Waals surface area contributed by atoms with E-state index in [9.17, 15) is 14.9 Å². The lowest BCUT2D eigenvalue weighted by Crippen LogP contribution is -2.20. The normalized spacial score (nSPS) is 10.8. The van der Waals surface area contributed by atoms with E-state index in [0.717, 1.165) is 5.56 Å². The lowest BCUT2D eigenvalue weighted by Gasteiger charge is -2.09. The number of nitrogens with two attached hydrogens (primary N) is 1. The van der Waals surface area contributed by atoms with E-state index in [2.05, 4.69) is 21.2 Å². The zero-order chi connectivity index (χ0) is 20.0. The fourth-order valence-electron chi connectivity index (χ4n) is 2.11. The molecule has 0 radical (unpaired) electrons. The molecule has 0 spiro atoms. The summed E-state index contributed by atoms with van der Waals surface area (Å²) in [5.41, 5.74) is 6.92. The molecular weight excluding hydrogens is 434 g/mol. The Hall–Kier alpha value is -2.82. The van der Waals surface area contributed by atoms with E-state index in [1.54, 1.807) is 36.4 Å². The van der Waals surface area contributed by atoms with Gasteiger partial charge in [-0.15, -0.1) is 0 Å². The van der Waals surface area contributed by atoms with Crippen LogP contribution in [-0.2, 0) is 9.59 Å². The zero-order valence-corrected chi connectivity index (χ0v) is 16.6. The van der Waals surface area contributed by atoms with Crippen molar-refractivity contribution in [1.29, 1.82) is 5.26 Å². The molecule has 0 atom stereocenters. The van der Waals surface area contributed by atoms with Gasteiger partial charge in [-0.3, -0.25) is 9.59 Å². The summed E-state index contributed by atoms with van der Waals surface area (Å²) in [5, 5.41) is 12.5. The van der Waals surface area contributed by atoms with Gasteiger partial charge in [0.2, 0.25) is 0 Å². The molecule has 8 heteroatoms. The second-order valence-corrected chi connectivity index (χ2v) is 6.82. The molecule has 27 heavy (non-hydrogen) atoms. The van der Waals surface area contributed by atoms with Crippen molar-refractivity contribution in [2.24, 2.45) is 5.73 Å². The number of ether oxygens (including phenoxy) is 1. The molecule has 2 aromatic rings. The molecule has 0 unspecified atom stereocenters. The first-order valence-electron chi connectivity index (χ1n) is 7.70. The molecule has 2 amide bonds. The summed E-state index contributed by atoms with van der Waals surface area (Å²) in [4.78, 5) is 23.2. The Morgan fingerprint density at radius 2 is 2.07 bits per heavy atom. The van der Waals surface area contributed by atoms with Crippen LogP contribution in [-0.4, -0.2) is 18.4 Å². The predicted octanol–water partition coefficient (Wildman–Crippen LogP) is 3.82. The van der Waals surface area contributed by atoms with E-state index >= 15 is 0 Å². The molecule has 0 bridgehead atoms. The van der Waals surface area contributed by atoms with E-state index < -0.39 is 11.8 Å². The first kappa shape index (κ1) is 20.5. The lowest BCUT2D eigenvalue weighted by molar-refractivity contribution is -0.120. The van der Waals surface area contributed by atoms with Crippen molar-refractivity contribution in [1.82, 2.24) is 0 Å². The minimum absolute atomic E-state index is 0.0768. The van der Waals surface area contributed by atoms with Gasteiger partial charge in [-0.25, -0.2) is 0 Å². The van der Waals surface area contributed by atoms with Crippen LogP contribution in [0.1, 0.15) is 11.1 Å². The molecule has 0 aliphatic rings. The first-order valence-corrected chi connectivity index (χ1v) is 8.87. The van der Waals surface area contributed by atoms with Gasteiger partial charge < -0.3 is 15.8 Å². The number of hydrogen-bond acceptors (Lipinski definition) is 4. The smallest absolute Gasteiger partial charge is 0.266 e. The largest absolute Gasteiger partial charge is 0.483 e. The number of carbonyl (C=O) groups excluding carboxylic acids is 2. The molecule has 2 rings (SSSR count). The van der Waals surface area contributed by atoms with E-state index in [1.165, 1.54) is 6.08 Å². The highest BCUT2D eigenvalue weighted by Gasteiger charge is 2.12. The number of hydrogen-bond donors (Lipinski definition) is 2. The highest BCUT2D eigenvalue weighted by Crippen LogP contribution is 2.27. The highest BCUT2D eigenvalue weighted by molar-refractivity contribution is 9.10. The van der Waals surface area contributed by atoms with Gasteiger partial charge in [0.1, 0.15) is 17.4 Å². The van der Waals surface area contributed by atoms with Gasteiger partial charge >= 0.3 is 0 Å². The third kappa shape index (κ3) is 5.84. The lowest BCUT2D eigenvalue weighted by atomic mass is 10.1. The van der Waals surface area contributed by atoms with Crippen molar-refractivity contribution in [3.8, 4) is 11.8 Å². The van der Waals surface area contributed by atoms with Crippen LogP contribution < -0.4 is 15.8 Å². The van der Waals surface area contributed by atoms with Crippen molar-refractivity contribution in [2.45, 2.75) is 6.92 Å². The molecule has 2 aromatic carbocycles. The third-order valence-corrected chi connectivity index (χ3v) is 4.30. The molecule has 0 heterocycles. The summed E-state index contributed by atoms with van der Waals surface area (Å²) in [6, 6.07) is 11.9. The number of primary amides is 1. The number of nitrogens with zero attached hydrogens (tertiary/aromatic N) is 1. The van der Waals surface area contributed by atoms with Crippen LogP contribution in [0.2, 0.25) is 5.02 Å². The molecule has 0 fully saturated rings. The Labute approximate surface area is 169 Å². The van der Waals surface area contributed by atoms with Crippen molar-refractivity contribution in [2.75, 3.05) is 11.9 Å². The molecule has 0 saturated carbocycles. The summed E-state index contributed by atoms with van der Waals surface area (Å²) in [6.07, 6.45) is 1.44. The minimum atomic E-state index is -0.592.